The number of nitrogens with zero attached hydrogens (tertiary/aromatic N) is 4. The zero-order chi connectivity index (χ0) is 17.4. The van der Waals surface area contributed by atoms with Crippen molar-refractivity contribution in [2.75, 3.05) is 5.73 Å². The van der Waals surface area contributed by atoms with Gasteiger partial charge in [0.1, 0.15) is 10.8 Å². The molecule has 0 unspecified atom stereocenters. The van der Waals surface area contributed by atoms with E-state index in [-0.39, 0.29) is 5.82 Å². The van der Waals surface area contributed by atoms with Gasteiger partial charge in [0.25, 0.3) is 0 Å². The van der Waals surface area contributed by atoms with Crippen LogP contribution in [-0.2, 0) is 0 Å². The molecule has 0 aliphatic heterocycles. The fourth-order valence-corrected chi connectivity index (χ4v) is 3.69. The predicted molar refractivity (Wildman–Crippen MR) is 100.0 cm³/mol. The number of halogens is 2. The van der Waals surface area contributed by atoms with Crippen LogP contribution < -0.4 is 5.73 Å². The van der Waals surface area contributed by atoms with E-state index in [0.717, 1.165) is 15.7 Å². The number of benzene rings is 2. The van der Waals surface area contributed by atoms with Crippen LogP contribution in [0.4, 0.5) is 10.2 Å². The minimum Gasteiger partial charge on any atom is -0.382 e. The first-order valence-corrected chi connectivity index (χ1v) is 8.98. The highest BCUT2D eigenvalue weighted by Crippen LogP contribution is 2.34. The van der Waals surface area contributed by atoms with Gasteiger partial charge in [-0.1, -0.05) is 39.3 Å². The normalized spacial score (nSPS) is 11.0. The smallest absolute Gasteiger partial charge is 0.165 e. The van der Waals surface area contributed by atoms with Gasteiger partial charge >= 0.3 is 0 Å². The average Bonchev–Trinajstić information content (AvgIpc) is 3.23. The van der Waals surface area contributed by atoms with Gasteiger partial charge in [-0.25, -0.2) is 9.37 Å². The fourth-order valence-electron chi connectivity index (χ4n) is 2.39. The lowest BCUT2D eigenvalue weighted by molar-refractivity contribution is 0.627. The van der Waals surface area contributed by atoms with Gasteiger partial charge in [0, 0.05) is 15.4 Å². The number of thiazole rings is 1. The molecule has 0 spiro atoms. The van der Waals surface area contributed by atoms with Crippen LogP contribution in [0.3, 0.4) is 0 Å². The summed E-state index contributed by atoms with van der Waals surface area (Å²) in [6.45, 7) is 0. The molecular formula is C17H11BrFN5S. The molecule has 25 heavy (non-hydrogen) atoms. The molecule has 0 amide bonds. The minimum absolute atomic E-state index is 0.319. The minimum atomic E-state index is -0.319. The maximum absolute atomic E-state index is 13.1. The van der Waals surface area contributed by atoms with Gasteiger partial charge in [0.2, 0.25) is 0 Å². The SMILES string of the molecule is Nc1c(-c2nc(-c3ccccc3Br)cs2)nnn1-c1ccc(F)cc1. The summed E-state index contributed by atoms with van der Waals surface area (Å²) in [5.41, 5.74) is 9.16. The molecule has 5 nitrogen and oxygen atoms in total. The number of nitrogen functional groups attached to an aromatic ring is 1. The van der Waals surface area contributed by atoms with E-state index < -0.39 is 0 Å². The van der Waals surface area contributed by atoms with E-state index in [2.05, 4.69) is 31.2 Å². The molecule has 124 valence electrons. The Morgan fingerprint density at radius 2 is 1.84 bits per heavy atom. The maximum atomic E-state index is 13.1. The molecule has 0 radical (unpaired) electrons. The third-order valence-corrected chi connectivity index (χ3v) is 5.17. The predicted octanol–water partition coefficient (Wildman–Crippen LogP) is 4.54. The third kappa shape index (κ3) is 2.94. The Kier molecular flexibility index (Phi) is 4.06. The second-order valence-corrected chi connectivity index (χ2v) is 6.94. The van der Waals surface area contributed by atoms with E-state index in [1.807, 2.05) is 29.6 Å². The zero-order valence-electron chi connectivity index (χ0n) is 12.7. The molecule has 2 aromatic carbocycles. The van der Waals surface area contributed by atoms with Crippen molar-refractivity contribution in [1.82, 2.24) is 20.0 Å². The van der Waals surface area contributed by atoms with E-state index in [1.165, 1.54) is 28.2 Å². The topological polar surface area (TPSA) is 69.6 Å². The van der Waals surface area contributed by atoms with Gasteiger partial charge in [0.15, 0.2) is 11.5 Å². The van der Waals surface area contributed by atoms with Gasteiger partial charge in [-0.15, -0.1) is 16.4 Å². The van der Waals surface area contributed by atoms with Crippen LogP contribution in [-0.4, -0.2) is 20.0 Å². The second kappa shape index (κ2) is 6.38. The van der Waals surface area contributed by atoms with E-state index in [9.17, 15) is 4.39 Å². The van der Waals surface area contributed by atoms with Crippen molar-refractivity contribution in [2.45, 2.75) is 0 Å². The summed E-state index contributed by atoms with van der Waals surface area (Å²) in [5.74, 6) is 0.0419. The molecule has 2 heterocycles. The monoisotopic (exact) mass is 415 g/mol. The van der Waals surface area contributed by atoms with Crippen LogP contribution in [0.5, 0.6) is 0 Å². The molecule has 0 bridgehead atoms. The fraction of sp³-hybridized carbons (Fsp3) is 0. The molecule has 8 heteroatoms. The van der Waals surface area contributed by atoms with E-state index in [4.69, 9.17) is 5.73 Å². The Labute approximate surface area is 155 Å². The van der Waals surface area contributed by atoms with Gasteiger partial charge < -0.3 is 5.73 Å². The van der Waals surface area contributed by atoms with Crippen molar-refractivity contribution < 1.29 is 4.39 Å². The molecular weight excluding hydrogens is 405 g/mol. The standard InChI is InChI=1S/C17H11BrFN5S/c18-13-4-2-1-3-12(13)14-9-25-17(21-14)15-16(20)24(23-22-15)11-7-5-10(19)6-8-11/h1-9H,20H2. The van der Waals surface area contributed by atoms with Crippen molar-refractivity contribution in [3.8, 4) is 27.6 Å². The first-order valence-electron chi connectivity index (χ1n) is 7.31. The molecule has 0 saturated heterocycles. The molecule has 0 aliphatic carbocycles. The van der Waals surface area contributed by atoms with Crippen LogP contribution in [0.25, 0.3) is 27.6 Å². The summed E-state index contributed by atoms with van der Waals surface area (Å²) in [6.07, 6.45) is 0. The number of hydrogen-bond acceptors (Lipinski definition) is 5. The maximum Gasteiger partial charge on any atom is 0.165 e. The summed E-state index contributed by atoms with van der Waals surface area (Å²) in [7, 11) is 0. The highest BCUT2D eigenvalue weighted by Gasteiger charge is 2.17. The van der Waals surface area contributed by atoms with Crippen molar-refractivity contribution in [1.29, 1.82) is 0 Å². The highest BCUT2D eigenvalue weighted by molar-refractivity contribution is 9.10. The van der Waals surface area contributed by atoms with Crippen LogP contribution in [0, 0.1) is 5.82 Å². The Bertz CT molecular complexity index is 1040. The van der Waals surface area contributed by atoms with E-state index in [0.29, 0.717) is 22.2 Å². The summed E-state index contributed by atoms with van der Waals surface area (Å²) in [4.78, 5) is 4.63. The molecule has 2 N–H and O–H groups in total. The van der Waals surface area contributed by atoms with Crippen molar-refractivity contribution in [3.05, 3.63) is 64.2 Å². The summed E-state index contributed by atoms with van der Waals surface area (Å²) in [5, 5.41) is 10.8. The van der Waals surface area contributed by atoms with Crippen LogP contribution in [0.15, 0.2) is 58.4 Å². The lowest BCUT2D eigenvalue weighted by Gasteiger charge is -2.02. The molecule has 0 saturated carbocycles. The number of rotatable bonds is 3. The second-order valence-electron chi connectivity index (χ2n) is 5.23. The van der Waals surface area contributed by atoms with Gasteiger partial charge in [-0.05, 0) is 30.3 Å². The van der Waals surface area contributed by atoms with Gasteiger partial charge in [-0.2, -0.15) is 4.68 Å². The Hall–Kier alpha value is -2.58. The zero-order valence-corrected chi connectivity index (χ0v) is 15.1. The van der Waals surface area contributed by atoms with Crippen LogP contribution in [0.2, 0.25) is 0 Å². The van der Waals surface area contributed by atoms with Crippen molar-refractivity contribution >= 4 is 33.1 Å². The van der Waals surface area contributed by atoms with E-state index in [1.54, 1.807) is 12.1 Å². The summed E-state index contributed by atoms with van der Waals surface area (Å²) in [6, 6.07) is 13.8. The number of aromatic nitrogens is 4. The molecule has 4 aromatic rings. The molecule has 0 fully saturated rings. The van der Waals surface area contributed by atoms with Crippen LogP contribution >= 0.6 is 27.3 Å². The summed E-state index contributed by atoms with van der Waals surface area (Å²) < 4.78 is 15.5. The first kappa shape index (κ1) is 15.9. The van der Waals surface area contributed by atoms with E-state index >= 15 is 0 Å². The summed E-state index contributed by atoms with van der Waals surface area (Å²) >= 11 is 4.97. The third-order valence-electron chi connectivity index (χ3n) is 3.63. The lowest BCUT2D eigenvalue weighted by Crippen LogP contribution is -2.02. The number of hydrogen-bond donors (Lipinski definition) is 1. The largest absolute Gasteiger partial charge is 0.382 e. The van der Waals surface area contributed by atoms with Crippen molar-refractivity contribution in [3.63, 3.8) is 0 Å². The molecule has 4 rings (SSSR count). The van der Waals surface area contributed by atoms with Gasteiger partial charge in [0.05, 0.1) is 11.4 Å². The highest BCUT2D eigenvalue weighted by atomic mass is 79.9. The van der Waals surface area contributed by atoms with Gasteiger partial charge in [-0.3, -0.25) is 0 Å². The number of nitrogens with two attached hydrogens (primary N) is 1. The Morgan fingerprint density at radius 1 is 1.08 bits per heavy atom. The molecule has 0 aliphatic rings. The van der Waals surface area contributed by atoms with Crippen LogP contribution in [0.1, 0.15) is 0 Å². The number of anilines is 1. The lowest BCUT2D eigenvalue weighted by atomic mass is 10.2. The Morgan fingerprint density at radius 3 is 2.60 bits per heavy atom. The van der Waals surface area contributed by atoms with Crippen molar-refractivity contribution in [2.24, 2.45) is 0 Å². The quantitative estimate of drug-likeness (QED) is 0.533. The molecule has 0 atom stereocenters. The first-order chi connectivity index (χ1) is 12.1. The Balaban J connectivity index is 1.72. The molecule has 2 aromatic heterocycles. The average molecular weight is 416 g/mol.